The summed E-state index contributed by atoms with van der Waals surface area (Å²) in [6.45, 7) is 0. The third-order valence-corrected chi connectivity index (χ3v) is 5.16. The summed E-state index contributed by atoms with van der Waals surface area (Å²) < 4.78 is 0. The standard InChI is InChI=1S/C21H14Cl4N2O2/c22-13-6-8-15(24)17(10-13)26-20(28)19(12-4-2-1-3-5-12)21(29)27-18-11-14(23)7-9-16(18)25/h1-11,19H,(H,26,28)(H,27,29). The van der Waals surface area contributed by atoms with Crippen molar-refractivity contribution in [2.75, 3.05) is 10.6 Å². The van der Waals surface area contributed by atoms with Gasteiger partial charge in [0.1, 0.15) is 5.92 Å². The van der Waals surface area contributed by atoms with Crippen molar-refractivity contribution in [2.24, 2.45) is 0 Å². The Morgan fingerprint density at radius 3 is 1.55 bits per heavy atom. The van der Waals surface area contributed by atoms with Gasteiger partial charge in [-0.3, -0.25) is 9.59 Å². The molecule has 0 aromatic heterocycles. The van der Waals surface area contributed by atoms with Gasteiger partial charge in [-0.05, 0) is 42.0 Å². The van der Waals surface area contributed by atoms with Crippen LogP contribution >= 0.6 is 46.4 Å². The summed E-state index contributed by atoms with van der Waals surface area (Å²) in [6, 6.07) is 18.0. The van der Waals surface area contributed by atoms with E-state index < -0.39 is 17.7 Å². The first kappa shape index (κ1) is 21.5. The molecule has 3 aromatic rings. The van der Waals surface area contributed by atoms with E-state index in [2.05, 4.69) is 10.6 Å². The van der Waals surface area contributed by atoms with Crippen molar-refractivity contribution in [2.45, 2.75) is 5.92 Å². The van der Waals surface area contributed by atoms with Gasteiger partial charge >= 0.3 is 0 Å². The van der Waals surface area contributed by atoms with Crippen molar-refractivity contribution in [3.63, 3.8) is 0 Å². The molecular weight excluding hydrogens is 454 g/mol. The van der Waals surface area contributed by atoms with Gasteiger partial charge in [-0.15, -0.1) is 0 Å². The minimum atomic E-state index is -1.17. The summed E-state index contributed by atoms with van der Waals surface area (Å²) in [5.41, 5.74) is 1.11. The largest absolute Gasteiger partial charge is 0.324 e. The predicted octanol–water partition coefficient (Wildman–Crippen LogP) is 6.66. The molecule has 0 atom stereocenters. The average molecular weight is 468 g/mol. The molecule has 0 aliphatic rings. The molecule has 0 fully saturated rings. The summed E-state index contributed by atoms with van der Waals surface area (Å²) in [5, 5.41) is 6.73. The molecule has 3 rings (SSSR count). The Kier molecular flexibility index (Phi) is 7.04. The predicted molar refractivity (Wildman–Crippen MR) is 119 cm³/mol. The lowest BCUT2D eigenvalue weighted by Crippen LogP contribution is -2.32. The molecule has 2 amide bonds. The number of benzene rings is 3. The van der Waals surface area contributed by atoms with Crippen molar-refractivity contribution >= 4 is 69.6 Å². The highest BCUT2D eigenvalue weighted by atomic mass is 35.5. The number of hydrogen-bond donors (Lipinski definition) is 2. The number of halogens is 4. The number of carbonyl (C=O) groups excluding carboxylic acids is 2. The van der Waals surface area contributed by atoms with Gasteiger partial charge in [-0.25, -0.2) is 0 Å². The number of anilines is 2. The van der Waals surface area contributed by atoms with Crippen LogP contribution < -0.4 is 10.6 Å². The second-order valence-electron chi connectivity index (χ2n) is 6.07. The monoisotopic (exact) mass is 466 g/mol. The van der Waals surface area contributed by atoms with Crippen molar-refractivity contribution in [3.05, 3.63) is 92.4 Å². The van der Waals surface area contributed by atoms with E-state index >= 15 is 0 Å². The van der Waals surface area contributed by atoms with E-state index in [4.69, 9.17) is 46.4 Å². The molecule has 0 radical (unpaired) electrons. The van der Waals surface area contributed by atoms with Crippen LogP contribution in [0.4, 0.5) is 11.4 Å². The van der Waals surface area contributed by atoms with Gasteiger partial charge in [-0.1, -0.05) is 76.7 Å². The average Bonchev–Trinajstić information content (AvgIpc) is 2.68. The molecule has 2 N–H and O–H groups in total. The molecule has 0 bridgehead atoms. The minimum absolute atomic E-state index is 0.299. The number of hydrogen-bond acceptors (Lipinski definition) is 2. The fraction of sp³-hybridized carbons (Fsp3) is 0.0476. The molecule has 29 heavy (non-hydrogen) atoms. The molecule has 0 unspecified atom stereocenters. The lowest BCUT2D eigenvalue weighted by atomic mass is 9.97. The molecule has 3 aromatic carbocycles. The van der Waals surface area contributed by atoms with Gasteiger partial charge in [-0.2, -0.15) is 0 Å². The Morgan fingerprint density at radius 2 is 1.10 bits per heavy atom. The zero-order chi connectivity index (χ0) is 21.0. The fourth-order valence-electron chi connectivity index (χ4n) is 2.66. The van der Waals surface area contributed by atoms with Crippen molar-refractivity contribution in [3.8, 4) is 0 Å². The lowest BCUT2D eigenvalue weighted by Gasteiger charge is -2.18. The van der Waals surface area contributed by atoms with Crippen LogP contribution in [0.15, 0.2) is 66.7 Å². The van der Waals surface area contributed by atoms with Crippen LogP contribution in [0.2, 0.25) is 20.1 Å². The molecule has 4 nitrogen and oxygen atoms in total. The van der Waals surface area contributed by atoms with Gasteiger partial charge in [0, 0.05) is 10.0 Å². The van der Waals surface area contributed by atoms with E-state index in [1.165, 1.54) is 12.1 Å². The normalized spacial score (nSPS) is 10.7. The van der Waals surface area contributed by atoms with Gasteiger partial charge in [0.2, 0.25) is 11.8 Å². The fourth-order valence-corrected chi connectivity index (χ4v) is 3.34. The molecule has 0 saturated carbocycles. The van der Waals surface area contributed by atoms with Gasteiger partial charge in [0.25, 0.3) is 0 Å². The molecule has 0 heterocycles. The Labute approximate surface area is 187 Å². The van der Waals surface area contributed by atoms with Crippen LogP contribution in [0.1, 0.15) is 11.5 Å². The maximum absolute atomic E-state index is 13.0. The first-order valence-electron chi connectivity index (χ1n) is 8.42. The summed E-state index contributed by atoms with van der Waals surface area (Å²) in [5.74, 6) is -2.31. The molecule has 0 aliphatic carbocycles. The van der Waals surface area contributed by atoms with E-state index in [0.29, 0.717) is 37.0 Å². The summed E-state index contributed by atoms with van der Waals surface area (Å²) in [4.78, 5) is 26.1. The van der Waals surface area contributed by atoms with Crippen molar-refractivity contribution in [1.82, 2.24) is 0 Å². The summed E-state index contributed by atoms with van der Waals surface area (Å²) in [6.07, 6.45) is 0. The third kappa shape index (κ3) is 5.43. The van der Waals surface area contributed by atoms with E-state index in [0.717, 1.165) is 0 Å². The van der Waals surface area contributed by atoms with Crippen LogP contribution in [-0.2, 0) is 9.59 Å². The SMILES string of the molecule is O=C(Nc1cc(Cl)ccc1Cl)C(C(=O)Nc1cc(Cl)ccc1Cl)c1ccccc1. The summed E-state index contributed by atoms with van der Waals surface area (Å²) in [7, 11) is 0. The Morgan fingerprint density at radius 1 is 0.655 bits per heavy atom. The topological polar surface area (TPSA) is 58.2 Å². The lowest BCUT2D eigenvalue weighted by molar-refractivity contribution is -0.125. The van der Waals surface area contributed by atoms with Gasteiger partial charge in [0.15, 0.2) is 0 Å². The maximum atomic E-state index is 13.0. The van der Waals surface area contributed by atoms with Crippen molar-refractivity contribution in [1.29, 1.82) is 0 Å². The van der Waals surface area contributed by atoms with Gasteiger partial charge < -0.3 is 10.6 Å². The van der Waals surface area contributed by atoms with E-state index in [1.807, 2.05) is 0 Å². The number of rotatable bonds is 5. The van der Waals surface area contributed by atoms with Crippen LogP contribution in [-0.4, -0.2) is 11.8 Å². The highest BCUT2D eigenvalue weighted by Crippen LogP contribution is 2.30. The number of amides is 2. The molecule has 0 aliphatic heterocycles. The van der Waals surface area contributed by atoms with Crippen LogP contribution in [0.25, 0.3) is 0 Å². The smallest absolute Gasteiger partial charge is 0.241 e. The Balaban J connectivity index is 1.92. The zero-order valence-electron chi connectivity index (χ0n) is 14.8. The molecule has 8 heteroatoms. The van der Waals surface area contributed by atoms with E-state index in [-0.39, 0.29) is 0 Å². The second-order valence-corrected chi connectivity index (χ2v) is 7.76. The van der Waals surface area contributed by atoms with Crippen LogP contribution in [0.5, 0.6) is 0 Å². The maximum Gasteiger partial charge on any atom is 0.241 e. The molecule has 148 valence electrons. The highest BCUT2D eigenvalue weighted by Gasteiger charge is 2.29. The number of carbonyl (C=O) groups is 2. The second kappa shape index (κ2) is 9.51. The highest BCUT2D eigenvalue weighted by molar-refractivity contribution is 6.37. The van der Waals surface area contributed by atoms with E-state index in [1.54, 1.807) is 54.6 Å². The Hall–Kier alpha value is -2.24. The minimum Gasteiger partial charge on any atom is -0.324 e. The van der Waals surface area contributed by atoms with Crippen molar-refractivity contribution < 1.29 is 9.59 Å². The molecule has 0 spiro atoms. The molecule has 0 saturated heterocycles. The quantitative estimate of drug-likeness (QED) is 0.412. The third-order valence-electron chi connectivity index (χ3n) is 4.03. The van der Waals surface area contributed by atoms with Crippen LogP contribution in [0, 0.1) is 0 Å². The first-order chi connectivity index (χ1) is 13.8. The van der Waals surface area contributed by atoms with Gasteiger partial charge in [0.05, 0.1) is 21.4 Å². The molecular formula is C21H14Cl4N2O2. The first-order valence-corrected chi connectivity index (χ1v) is 9.93. The summed E-state index contributed by atoms with van der Waals surface area (Å²) >= 11 is 24.2. The van der Waals surface area contributed by atoms with E-state index in [9.17, 15) is 9.59 Å². The zero-order valence-corrected chi connectivity index (χ0v) is 17.8. The van der Waals surface area contributed by atoms with Crippen LogP contribution in [0.3, 0.4) is 0 Å². The Bertz CT molecular complexity index is 992. The number of nitrogens with one attached hydrogen (secondary N) is 2.